The van der Waals surface area contributed by atoms with Gasteiger partial charge >= 0.3 is 0 Å². The normalized spacial score (nSPS) is 14.4. The Morgan fingerprint density at radius 2 is 0.968 bits per heavy atom. The van der Waals surface area contributed by atoms with E-state index in [0.717, 1.165) is 34.6 Å². The summed E-state index contributed by atoms with van der Waals surface area (Å²) in [6.45, 7) is 0. The van der Waals surface area contributed by atoms with Crippen molar-refractivity contribution in [1.29, 1.82) is 0 Å². The Morgan fingerprint density at radius 3 is 1.75 bits per heavy atom. The van der Waals surface area contributed by atoms with E-state index < -0.39 is 0 Å². The number of hydrogen-bond donors (Lipinski definition) is 0. The van der Waals surface area contributed by atoms with E-state index in [2.05, 4.69) is 241 Å². The van der Waals surface area contributed by atoms with Crippen LogP contribution in [0.15, 0.2) is 242 Å². The fraction of sp³-hybridized carbons (Fsp3) is 0.0328. The van der Waals surface area contributed by atoms with Crippen molar-refractivity contribution in [1.82, 2.24) is 4.57 Å². The highest BCUT2D eigenvalue weighted by molar-refractivity contribution is 6.15. The first-order valence-electron chi connectivity index (χ1n) is 21.9. The van der Waals surface area contributed by atoms with E-state index in [-0.39, 0.29) is 5.92 Å². The second-order valence-electron chi connectivity index (χ2n) is 16.6. The maximum Gasteiger partial charge on any atom is 0.0712 e. The van der Waals surface area contributed by atoms with Crippen LogP contribution in [0.1, 0.15) is 45.7 Å². The summed E-state index contributed by atoms with van der Waals surface area (Å²) in [5.41, 5.74) is 21.7. The summed E-state index contributed by atoms with van der Waals surface area (Å²) < 4.78 is 2.42. The lowest BCUT2D eigenvalue weighted by Gasteiger charge is -2.15. The van der Waals surface area contributed by atoms with Gasteiger partial charge in [-0.1, -0.05) is 200 Å². The number of benzene rings is 9. The third-order valence-corrected chi connectivity index (χ3v) is 13.0. The number of hydrogen-bond acceptors (Lipinski definition) is 1. The molecule has 0 saturated carbocycles. The molecule has 1 aliphatic heterocycles. The zero-order valence-corrected chi connectivity index (χ0v) is 34.7. The molecule has 0 N–H and O–H groups in total. The average molecular weight is 803 g/mol. The number of fused-ring (bicyclic) bond motifs is 6. The topological polar surface area (TPSA) is 17.3 Å². The van der Waals surface area contributed by atoms with Gasteiger partial charge in [0.05, 0.1) is 22.4 Å². The summed E-state index contributed by atoms with van der Waals surface area (Å²) in [5, 5.41) is 2.49. The first-order chi connectivity index (χ1) is 31.2. The van der Waals surface area contributed by atoms with Gasteiger partial charge in [-0.15, -0.1) is 0 Å². The molecule has 1 aromatic heterocycles. The molecule has 0 amide bonds. The number of rotatable bonds is 7. The predicted octanol–water partition coefficient (Wildman–Crippen LogP) is 15.6. The highest BCUT2D eigenvalue weighted by atomic mass is 15.0. The van der Waals surface area contributed by atoms with E-state index in [0.29, 0.717) is 0 Å². The van der Waals surface area contributed by atoms with E-state index in [1.165, 1.54) is 83.0 Å². The number of allylic oxidation sites excluding steroid dienone is 3. The standard InChI is InChI=1S/C61H42N2/c1-4-14-41(15-5-1)48-32-37-57(62-58(39-48)44-16-6-2-7-17-44)45-26-24-42(25-27-45)49-31-36-54-53-21-12-13-23-59(53)63(60(54)40-49)50-33-28-43(29-34-50)47-30-35-52-51-20-10-11-22-55(51)61(56(52)38-47)46-18-8-3-9-19-46/h1-31,33-40,61H,32H2/t61-/m0/s1. The third-order valence-electron chi connectivity index (χ3n) is 13.0. The Hall–Kier alpha value is -8.07. The first kappa shape index (κ1) is 36.8. The van der Waals surface area contributed by atoms with Gasteiger partial charge in [-0.3, -0.25) is 0 Å². The van der Waals surface area contributed by atoms with Crippen LogP contribution in [0.3, 0.4) is 0 Å². The molecule has 10 aromatic rings. The number of para-hydroxylation sites is 1. The molecule has 12 rings (SSSR count). The largest absolute Gasteiger partial charge is 0.309 e. The Balaban J connectivity index is 0.882. The summed E-state index contributed by atoms with van der Waals surface area (Å²) >= 11 is 0. The summed E-state index contributed by atoms with van der Waals surface area (Å²) in [5.74, 6) is 0.222. The highest BCUT2D eigenvalue weighted by Gasteiger charge is 2.30. The molecule has 0 fully saturated rings. The molecule has 2 nitrogen and oxygen atoms in total. The van der Waals surface area contributed by atoms with Crippen molar-refractivity contribution < 1.29 is 0 Å². The van der Waals surface area contributed by atoms with Gasteiger partial charge in [0.1, 0.15) is 0 Å². The second kappa shape index (κ2) is 15.4. The van der Waals surface area contributed by atoms with Crippen LogP contribution in [0.25, 0.3) is 72.1 Å². The molecule has 0 bridgehead atoms. The van der Waals surface area contributed by atoms with Crippen molar-refractivity contribution >= 4 is 38.8 Å². The maximum absolute atomic E-state index is 5.27. The molecule has 63 heavy (non-hydrogen) atoms. The van der Waals surface area contributed by atoms with Crippen molar-refractivity contribution in [3.8, 4) is 39.1 Å². The van der Waals surface area contributed by atoms with Gasteiger partial charge in [0.2, 0.25) is 0 Å². The fourth-order valence-corrected chi connectivity index (χ4v) is 9.89. The van der Waals surface area contributed by atoms with Crippen molar-refractivity contribution in [3.05, 3.63) is 270 Å². The van der Waals surface area contributed by atoms with Crippen LogP contribution in [0.5, 0.6) is 0 Å². The molecule has 0 unspecified atom stereocenters. The molecule has 0 spiro atoms. The van der Waals surface area contributed by atoms with Crippen LogP contribution in [0, 0.1) is 0 Å². The Kier molecular flexibility index (Phi) is 9.01. The van der Waals surface area contributed by atoms with Crippen molar-refractivity contribution in [2.24, 2.45) is 4.99 Å². The maximum atomic E-state index is 5.27. The number of aliphatic imine (C=N–C) groups is 1. The van der Waals surface area contributed by atoms with Gasteiger partial charge in [0, 0.05) is 27.9 Å². The van der Waals surface area contributed by atoms with Crippen LogP contribution in [-0.4, -0.2) is 10.3 Å². The fourth-order valence-electron chi connectivity index (χ4n) is 9.89. The Bertz CT molecular complexity index is 3420. The van der Waals surface area contributed by atoms with Crippen molar-refractivity contribution in [2.45, 2.75) is 12.3 Å². The Morgan fingerprint density at radius 1 is 0.397 bits per heavy atom. The van der Waals surface area contributed by atoms with Crippen LogP contribution in [0.4, 0.5) is 0 Å². The van der Waals surface area contributed by atoms with Gasteiger partial charge in [0.15, 0.2) is 0 Å². The third kappa shape index (κ3) is 6.56. The average Bonchev–Trinajstić information content (AvgIpc) is 3.76. The predicted molar refractivity (Wildman–Crippen MR) is 264 cm³/mol. The van der Waals surface area contributed by atoms with Crippen LogP contribution >= 0.6 is 0 Å². The van der Waals surface area contributed by atoms with Gasteiger partial charge < -0.3 is 4.57 Å². The van der Waals surface area contributed by atoms with E-state index in [1.54, 1.807) is 0 Å². The molecule has 1 atom stereocenters. The highest BCUT2D eigenvalue weighted by Crippen LogP contribution is 2.49. The zero-order valence-electron chi connectivity index (χ0n) is 34.7. The minimum atomic E-state index is 0.222. The quantitative estimate of drug-likeness (QED) is 0.153. The van der Waals surface area contributed by atoms with E-state index in [4.69, 9.17) is 4.99 Å². The lowest BCUT2D eigenvalue weighted by Crippen LogP contribution is -1.99. The van der Waals surface area contributed by atoms with Crippen LogP contribution in [-0.2, 0) is 0 Å². The molecule has 2 aliphatic rings. The first-order valence-corrected chi connectivity index (χ1v) is 21.9. The molecule has 1 aliphatic carbocycles. The zero-order chi connectivity index (χ0) is 41.7. The number of nitrogens with zero attached hydrogens (tertiary/aromatic N) is 2. The molecular weight excluding hydrogens is 761 g/mol. The molecule has 2 heteroatoms. The Labute approximate surface area is 368 Å². The molecule has 296 valence electrons. The molecule has 0 saturated heterocycles. The summed E-state index contributed by atoms with van der Waals surface area (Å²) in [6, 6.07) is 81.7. The smallest absolute Gasteiger partial charge is 0.0712 e. The SMILES string of the molecule is C1=C(c2ccccc2)CC=C(c2ccc(-c3ccc4c5ccccc5n(-c5ccc(-c6ccc7c(c6)[C@@H](c6ccccc6)c6ccccc6-7)cc5)c4c3)cc2)N=C1c1ccccc1. The lowest BCUT2D eigenvalue weighted by atomic mass is 9.88. The lowest BCUT2D eigenvalue weighted by molar-refractivity contribution is 1.02. The van der Waals surface area contributed by atoms with E-state index in [9.17, 15) is 0 Å². The van der Waals surface area contributed by atoms with Gasteiger partial charge in [0.25, 0.3) is 0 Å². The van der Waals surface area contributed by atoms with Crippen LogP contribution < -0.4 is 0 Å². The summed E-state index contributed by atoms with van der Waals surface area (Å²) in [7, 11) is 0. The minimum Gasteiger partial charge on any atom is -0.309 e. The molecule has 9 aromatic carbocycles. The van der Waals surface area contributed by atoms with Gasteiger partial charge in [-0.2, -0.15) is 0 Å². The summed E-state index contributed by atoms with van der Waals surface area (Å²) in [4.78, 5) is 5.27. The van der Waals surface area contributed by atoms with Gasteiger partial charge in [-0.05, 0) is 110 Å². The van der Waals surface area contributed by atoms with Crippen molar-refractivity contribution in [3.63, 3.8) is 0 Å². The monoisotopic (exact) mass is 802 g/mol. The minimum absolute atomic E-state index is 0.222. The van der Waals surface area contributed by atoms with Crippen molar-refractivity contribution in [2.75, 3.05) is 0 Å². The number of aromatic nitrogens is 1. The second-order valence-corrected chi connectivity index (χ2v) is 16.6. The molecule has 2 heterocycles. The van der Waals surface area contributed by atoms with Gasteiger partial charge in [-0.25, -0.2) is 4.99 Å². The summed E-state index contributed by atoms with van der Waals surface area (Å²) in [6.07, 6.45) is 5.32. The van der Waals surface area contributed by atoms with Crippen LogP contribution in [0.2, 0.25) is 0 Å². The molecule has 0 radical (unpaired) electrons. The molecular formula is C61H42N2. The van der Waals surface area contributed by atoms with E-state index in [1.807, 2.05) is 0 Å². The van der Waals surface area contributed by atoms with E-state index >= 15 is 0 Å².